The Balaban J connectivity index is 1.48. The summed E-state index contributed by atoms with van der Waals surface area (Å²) in [7, 11) is 0. The number of benzene rings is 2. The van der Waals surface area contributed by atoms with E-state index < -0.39 is 0 Å². The van der Waals surface area contributed by atoms with Gasteiger partial charge in [0.25, 0.3) is 0 Å². The van der Waals surface area contributed by atoms with Crippen LogP contribution in [-0.2, 0) is 6.54 Å². The van der Waals surface area contributed by atoms with Gasteiger partial charge in [0, 0.05) is 34.4 Å². The van der Waals surface area contributed by atoms with Crippen LogP contribution in [0.1, 0.15) is 32.1 Å². The molecule has 0 amide bonds. The van der Waals surface area contributed by atoms with Crippen LogP contribution in [0.5, 0.6) is 0 Å². The molecule has 3 heteroatoms. The van der Waals surface area contributed by atoms with Crippen molar-refractivity contribution >= 4 is 32.7 Å². The van der Waals surface area contributed by atoms with Crippen molar-refractivity contribution < 1.29 is 0 Å². The van der Waals surface area contributed by atoms with E-state index in [0.29, 0.717) is 0 Å². The Kier molecular flexibility index (Phi) is 4.54. The first kappa shape index (κ1) is 16.8. The van der Waals surface area contributed by atoms with Crippen LogP contribution in [0.3, 0.4) is 0 Å². The third-order valence-electron chi connectivity index (χ3n) is 6.06. The molecule has 0 bridgehead atoms. The quantitative estimate of drug-likeness (QED) is 0.433. The molecule has 1 fully saturated rings. The number of hydrogen-bond acceptors (Lipinski definition) is 2. The van der Waals surface area contributed by atoms with Crippen LogP contribution in [0.25, 0.3) is 32.7 Å². The van der Waals surface area contributed by atoms with Gasteiger partial charge in [0.2, 0.25) is 0 Å². The maximum atomic E-state index is 4.71. The fourth-order valence-corrected chi connectivity index (χ4v) is 4.69. The summed E-state index contributed by atoms with van der Waals surface area (Å²) in [6, 6.07) is 17.3. The number of hydrogen-bond donors (Lipinski definition) is 0. The zero-order valence-corrected chi connectivity index (χ0v) is 15.9. The first-order chi connectivity index (χ1) is 13.4. The normalized spacial score (nSPS) is 15.9. The van der Waals surface area contributed by atoms with Crippen LogP contribution in [0, 0.1) is 0 Å². The highest BCUT2D eigenvalue weighted by molar-refractivity contribution is 6.16. The molecular weight excluding hydrogens is 330 g/mol. The molecule has 0 N–H and O–H groups in total. The van der Waals surface area contributed by atoms with E-state index in [0.717, 1.165) is 12.1 Å². The number of nitrogens with zero attached hydrogens (tertiary/aromatic N) is 3. The minimum Gasteiger partial charge on any atom is -0.340 e. The summed E-state index contributed by atoms with van der Waals surface area (Å²) in [6.07, 6.45) is 8.73. The molecule has 3 nitrogen and oxygen atoms in total. The van der Waals surface area contributed by atoms with E-state index in [1.165, 1.54) is 78.9 Å². The number of aryl methyl sites for hydroxylation is 1. The fourth-order valence-electron chi connectivity index (χ4n) is 4.69. The van der Waals surface area contributed by atoms with Gasteiger partial charge in [-0.05, 0) is 57.5 Å². The van der Waals surface area contributed by atoms with Crippen molar-refractivity contribution in [3.63, 3.8) is 0 Å². The first-order valence-electron chi connectivity index (χ1n) is 10.4. The molecule has 0 radical (unpaired) electrons. The summed E-state index contributed by atoms with van der Waals surface area (Å²) in [6.45, 7) is 4.92. The van der Waals surface area contributed by atoms with E-state index in [-0.39, 0.29) is 0 Å². The van der Waals surface area contributed by atoms with Crippen LogP contribution in [0.15, 0.2) is 54.7 Å². The molecule has 1 aliphatic rings. The number of rotatable bonds is 5. The number of unbranched alkanes of at least 4 members (excludes halogenated alkanes) is 1. The summed E-state index contributed by atoms with van der Waals surface area (Å²) >= 11 is 0. The van der Waals surface area contributed by atoms with E-state index in [2.05, 4.69) is 64.2 Å². The minimum atomic E-state index is 1.08. The Bertz CT molecular complexity index is 1070. The topological polar surface area (TPSA) is 21.1 Å². The van der Waals surface area contributed by atoms with Crippen LogP contribution in [-0.4, -0.2) is 34.1 Å². The zero-order valence-electron chi connectivity index (χ0n) is 15.9. The van der Waals surface area contributed by atoms with Crippen molar-refractivity contribution in [2.75, 3.05) is 19.6 Å². The highest BCUT2D eigenvalue weighted by atomic mass is 15.1. The third-order valence-corrected chi connectivity index (χ3v) is 6.06. The maximum Gasteiger partial charge on any atom is 0.0723 e. The molecule has 27 heavy (non-hydrogen) atoms. The predicted octanol–water partition coefficient (Wildman–Crippen LogP) is 5.61. The standard InChI is InChI=1S/C24H27N3/c1-6-14-26(15-7-1)16-8-9-17-27-23-13-5-3-10-19(23)21-18-25-22-12-4-2-11-20(22)24(21)27/h2-5,10-13,18H,1,6-9,14-17H2. The Morgan fingerprint density at radius 3 is 2.37 bits per heavy atom. The van der Waals surface area contributed by atoms with Gasteiger partial charge in [-0.2, -0.15) is 0 Å². The molecule has 1 saturated heterocycles. The number of aromatic nitrogens is 2. The Morgan fingerprint density at radius 2 is 1.48 bits per heavy atom. The Morgan fingerprint density at radius 1 is 0.741 bits per heavy atom. The lowest BCUT2D eigenvalue weighted by Gasteiger charge is -2.26. The van der Waals surface area contributed by atoms with E-state index in [1.54, 1.807) is 0 Å². The summed E-state index contributed by atoms with van der Waals surface area (Å²) < 4.78 is 2.53. The summed E-state index contributed by atoms with van der Waals surface area (Å²) in [5.41, 5.74) is 3.77. The van der Waals surface area contributed by atoms with Crippen molar-refractivity contribution in [1.29, 1.82) is 0 Å². The molecule has 1 aliphatic heterocycles. The molecular formula is C24H27N3. The van der Waals surface area contributed by atoms with Gasteiger partial charge >= 0.3 is 0 Å². The van der Waals surface area contributed by atoms with E-state index >= 15 is 0 Å². The molecule has 0 spiro atoms. The SMILES string of the molecule is c1ccc2c(c1)ncc1c3ccccc3n(CCCCN3CCCCC3)c21. The lowest BCUT2D eigenvalue weighted by Crippen LogP contribution is -2.30. The van der Waals surface area contributed by atoms with Crippen LogP contribution in [0.2, 0.25) is 0 Å². The molecule has 3 heterocycles. The van der Waals surface area contributed by atoms with Gasteiger partial charge in [0.05, 0.1) is 11.0 Å². The second-order valence-corrected chi connectivity index (χ2v) is 7.82. The van der Waals surface area contributed by atoms with Crippen molar-refractivity contribution in [2.24, 2.45) is 0 Å². The van der Waals surface area contributed by atoms with Crippen LogP contribution >= 0.6 is 0 Å². The van der Waals surface area contributed by atoms with Gasteiger partial charge in [-0.15, -0.1) is 0 Å². The molecule has 5 rings (SSSR count). The van der Waals surface area contributed by atoms with Gasteiger partial charge in [0.1, 0.15) is 0 Å². The lowest BCUT2D eigenvalue weighted by atomic mass is 10.1. The van der Waals surface area contributed by atoms with Crippen molar-refractivity contribution in [1.82, 2.24) is 14.5 Å². The highest BCUT2D eigenvalue weighted by Gasteiger charge is 2.14. The van der Waals surface area contributed by atoms with Gasteiger partial charge in [-0.25, -0.2) is 0 Å². The number of piperidine rings is 1. The average molecular weight is 358 g/mol. The third kappa shape index (κ3) is 3.10. The Labute approximate surface area is 160 Å². The van der Waals surface area contributed by atoms with Crippen LogP contribution < -0.4 is 0 Å². The van der Waals surface area contributed by atoms with Crippen molar-refractivity contribution in [2.45, 2.75) is 38.6 Å². The number of fused-ring (bicyclic) bond motifs is 5. The highest BCUT2D eigenvalue weighted by Crippen LogP contribution is 2.33. The number of pyridine rings is 1. The van der Waals surface area contributed by atoms with Gasteiger partial charge < -0.3 is 9.47 Å². The number of likely N-dealkylation sites (tertiary alicyclic amines) is 1. The van der Waals surface area contributed by atoms with Gasteiger partial charge in [-0.3, -0.25) is 4.98 Å². The molecule has 2 aromatic heterocycles. The molecule has 0 aliphatic carbocycles. The summed E-state index contributed by atoms with van der Waals surface area (Å²) in [5.74, 6) is 0. The monoisotopic (exact) mass is 357 g/mol. The molecule has 138 valence electrons. The first-order valence-corrected chi connectivity index (χ1v) is 10.4. The van der Waals surface area contributed by atoms with Crippen molar-refractivity contribution in [3.05, 3.63) is 54.7 Å². The molecule has 4 aromatic rings. The Hall–Kier alpha value is -2.39. The average Bonchev–Trinajstić information content (AvgIpc) is 3.06. The summed E-state index contributed by atoms with van der Waals surface area (Å²) in [4.78, 5) is 7.36. The largest absolute Gasteiger partial charge is 0.340 e. The molecule has 2 aromatic carbocycles. The van der Waals surface area contributed by atoms with E-state index in [1.807, 2.05) is 0 Å². The predicted molar refractivity (Wildman–Crippen MR) is 114 cm³/mol. The van der Waals surface area contributed by atoms with E-state index in [4.69, 9.17) is 4.98 Å². The molecule has 0 unspecified atom stereocenters. The van der Waals surface area contributed by atoms with Crippen molar-refractivity contribution in [3.8, 4) is 0 Å². The van der Waals surface area contributed by atoms with Gasteiger partial charge in [0.15, 0.2) is 0 Å². The second-order valence-electron chi connectivity index (χ2n) is 7.82. The maximum absolute atomic E-state index is 4.71. The van der Waals surface area contributed by atoms with Crippen LogP contribution in [0.4, 0.5) is 0 Å². The van der Waals surface area contributed by atoms with E-state index in [9.17, 15) is 0 Å². The zero-order chi connectivity index (χ0) is 18.1. The molecule has 0 atom stereocenters. The minimum absolute atomic E-state index is 1.08. The second kappa shape index (κ2) is 7.32. The van der Waals surface area contributed by atoms with Gasteiger partial charge in [-0.1, -0.05) is 42.8 Å². The smallest absolute Gasteiger partial charge is 0.0723 e. The lowest BCUT2D eigenvalue weighted by molar-refractivity contribution is 0.224. The fraction of sp³-hybridized carbons (Fsp3) is 0.375. The summed E-state index contributed by atoms with van der Waals surface area (Å²) in [5, 5.41) is 3.87. The molecule has 0 saturated carbocycles. The number of para-hydroxylation sites is 2.